The lowest BCUT2D eigenvalue weighted by atomic mass is 10.0. The summed E-state index contributed by atoms with van der Waals surface area (Å²) in [5.41, 5.74) is 0. The van der Waals surface area contributed by atoms with Gasteiger partial charge in [-0.1, -0.05) is 12.8 Å². The van der Waals surface area contributed by atoms with Crippen LogP contribution in [0.3, 0.4) is 0 Å². The van der Waals surface area contributed by atoms with Crippen LogP contribution in [0.4, 0.5) is 0 Å². The number of rotatable bonds is 3. The van der Waals surface area contributed by atoms with Crippen molar-refractivity contribution in [1.82, 2.24) is 4.90 Å². The van der Waals surface area contributed by atoms with Crippen molar-refractivity contribution in [1.29, 1.82) is 5.41 Å². The number of nitrogens with zero attached hydrogens (tertiary/aromatic N) is 1. The summed E-state index contributed by atoms with van der Waals surface area (Å²) in [5.74, 6) is 0.890. The third kappa shape index (κ3) is 2.49. The van der Waals surface area contributed by atoms with Crippen LogP contribution in [0.15, 0.2) is 0 Å². The van der Waals surface area contributed by atoms with Crippen LogP contribution in [-0.4, -0.2) is 34.8 Å². The minimum Gasteiger partial charge on any atom is -0.359 e. The molecule has 1 aliphatic heterocycles. The number of likely N-dealkylation sites (tertiary alicyclic amines) is 1. The van der Waals surface area contributed by atoms with Crippen LogP contribution in [0.2, 0.25) is 0 Å². The van der Waals surface area contributed by atoms with E-state index in [0.29, 0.717) is 4.75 Å². The first-order valence-electron chi connectivity index (χ1n) is 6.13. The summed E-state index contributed by atoms with van der Waals surface area (Å²) >= 11 is 2.04. The second-order valence-corrected chi connectivity index (χ2v) is 6.19. The van der Waals surface area contributed by atoms with Crippen molar-refractivity contribution < 1.29 is 0 Å². The fourth-order valence-corrected chi connectivity index (χ4v) is 3.84. The molecule has 0 bridgehead atoms. The topological polar surface area (TPSA) is 27.1 Å². The highest BCUT2D eigenvalue weighted by molar-refractivity contribution is 8.00. The molecule has 1 saturated heterocycles. The van der Waals surface area contributed by atoms with E-state index >= 15 is 0 Å². The zero-order valence-electron chi connectivity index (χ0n) is 9.72. The summed E-state index contributed by atoms with van der Waals surface area (Å²) in [4.78, 5) is 2.34. The molecule has 0 radical (unpaired) electrons. The van der Waals surface area contributed by atoms with Gasteiger partial charge in [0.15, 0.2) is 0 Å². The minimum atomic E-state index is 0.476. The van der Waals surface area contributed by atoms with Gasteiger partial charge in [0.2, 0.25) is 0 Å². The molecule has 2 rings (SSSR count). The first-order valence-corrected chi connectivity index (χ1v) is 7.36. The second kappa shape index (κ2) is 4.77. The average Bonchev–Trinajstić information content (AvgIpc) is 2.71. The molecule has 15 heavy (non-hydrogen) atoms. The van der Waals surface area contributed by atoms with Gasteiger partial charge in [0, 0.05) is 24.3 Å². The van der Waals surface area contributed by atoms with Crippen molar-refractivity contribution in [2.45, 2.75) is 49.7 Å². The molecule has 2 nitrogen and oxygen atoms in total. The monoisotopic (exact) mass is 226 g/mol. The van der Waals surface area contributed by atoms with E-state index in [-0.39, 0.29) is 0 Å². The summed E-state index contributed by atoms with van der Waals surface area (Å²) < 4.78 is 0.476. The summed E-state index contributed by atoms with van der Waals surface area (Å²) in [6.07, 6.45) is 11.3. The van der Waals surface area contributed by atoms with E-state index < -0.39 is 0 Å². The van der Waals surface area contributed by atoms with Gasteiger partial charge < -0.3 is 4.90 Å². The standard InChI is InChI=1S/C12H22N2S/c1-15-12(7-3-4-8-12)10-14-9-5-2-6-11(14)13/h13H,2-10H2,1H3. The van der Waals surface area contributed by atoms with Gasteiger partial charge in [-0.2, -0.15) is 11.8 Å². The van der Waals surface area contributed by atoms with Crippen LogP contribution in [0.1, 0.15) is 44.9 Å². The van der Waals surface area contributed by atoms with Crippen LogP contribution in [0.25, 0.3) is 0 Å². The lowest BCUT2D eigenvalue weighted by Crippen LogP contribution is -2.44. The van der Waals surface area contributed by atoms with Gasteiger partial charge in [0.05, 0.1) is 5.84 Å². The Morgan fingerprint density at radius 3 is 2.60 bits per heavy atom. The Balaban J connectivity index is 1.96. The molecule has 3 heteroatoms. The number of nitrogens with one attached hydrogen (secondary N) is 1. The maximum Gasteiger partial charge on any atom is 0.0958 e. The van der Waals surface area contributed by atoms with Gasteiger partial charge in [-0.3, -0.25) is 5.41 Å². The molecule has 1 saturated carbocycles. The summed E-state index contributed by atoms with van der Waals surface area (Å²) in [7, 11) is 0. The highest BCUT2D eigenvalue weighted by atomic mass is 32.2. The van der Waals surface area contributed by atoms with Gasteiger partial charge in [-0.25, -0.2) is 0 Å². The smallest absolute Gasteiger partial charge is 0.0958 e. The zero-order valence-corrected chi connectivity index (χ0v) is 10.5. The Bertz CT molecular complexity index is 234. The molecule has 86 valence electrons. The van der Waals surface area contributed by atoms with Crippen LogP contribution >= 0.6 is 11.8 Å². The third-order valence-electron chi connectivity index (χ3n) is 3.90. The third-order valence-corrected chi connectivity index (χ3v) is 5.30. The molecule has 0 unspecified atom stereocenters. The van der Waals surface area contributed by atoms with E-state index in [4.69, 9.17) is 5.41 Å². The first kappa shape index (κ1) is 11.3. The Kier molecular flexibility index (Phi) is 3.60. The van der Waals surface area contributed by atoms with E-state index in [1.807, 2.05) is 11.8 Å². The van der Waals surface area contributed by atoms with Crippen molar-refractivity contribution in [2.24, 2.45) is 0 Å². The summed E-state index contributed by atoms with van der Waals surface area (Å²) in [6, 6.07) is 0. The molecule has 0 atom stereocenters. The van der Waals surface area contributed by atoms with Gasteiger partial charge >= 0.3 is 0 Å². The van der Waals surface area contributed by atoms with Crippen molar-refractivity contribution in [2.75, 3.05) is 19.3 Å². The lowest BCUT2D eigenvalue weighted by molar-refractivity contribution is 0.328. The van der Waals surface area contributed by atoms with Crippen LogP contribution in [-0.2, 0) is 0 Å². The molecular weight excluding hydrogens is 204 g/mol. The minimum absolute atomic E-state index is 0.476. The van der Waals surface area contributed by atoms with Gasteiger partial charge in [-0.05, 0) is 31.9 Å². The predicted molar refractivity (Wildman–Crippen MR) is 67.9 cm³/mol. The fourth-order valence-electron chi connectivity index (χ4n) is 2.86. The predicted octanol–water partition coefficient (Wildman–Crippen LogP) is 3.13. The Labute approximate surface area is 97.3 Å². The maximum atomic E-state index is 7.99. The Morgan fingerprint density at radius 1 is 1.27 bits per heavy atom. The van der Waals surface area contributed by atoms with E-state index in [9.17, 15) is 0 Å². The first-order chi connectivity index (χ1) is 7.26. The normalized spacial score (nSPS) is 25.9. The highest BCUT2D eigenvalue weighted by Crippen LogP contribution is 2.41. The molecule has 0 amide bonds. The summed E-state index contributed by atoms with van der Waals surface area (Å²) in [6.45, 7) is 2.26. The van der Waals surface area contributed by atoms with Crippen LogP contribution < -0.4 is 0 Å². The molecule has 1 aliphatic carbocycles. The van der Waals surface area contributed by atoms with E-state index in [2.05, 4.69) is 11.2 Å². The SMILES string of the molecule is CSC1(CN2CCCCC2=N)CCCC1. The fraction of sp³-hybridized carbons (Fsp3) is 0.917. The summed E-state index contributed by atoms with van der Waals surface area (Å²) in [5, 5.41) is 7.99. The molecule has 1 heterocycles. The molecule has 0 aromatic rings. The highest BCUT2D eigenvalue weighted by Gasteiger charge is 2.35. The average molecular weight is 226 g/mol. The number of hydrogen-bond acceptors (Lipinski definition) is 2. The van der Waals surface area contributed by atoms with Gasteiger partial charge in [0.1, 0.15) is 0 Å². The lowest BCUT2D eigenvalue weighted by Gasteiger charge is -2.37. The molecule has 2 fully saturated rings. The van der Waals surface area contributed by atoms with E-state index in [1.54, 1.807) is 0 Å². The Morgan fingerprint density at radius 2 is 2.00 bits per heavy atom. The van der Waals surface area contributed by atoms with E-state index in [1.165, 1.54) is 38.5 Å². The Hall–Kier alpha value is -0.180. The van der Waals surface area contributed by atoms with E-state index in [0.717, 1.165) is 25.3 Å². The molecular formula is C12H22N2S. The number of hydrogen-bond donors (Lipinski definition) is 1. The zero-order chi connectivity index (χ0) is 10.7. The molecule has 0 aromatic carbocycles. The van der Waals surface area contributed by atoms with Crippen molar-refractivity contribution in [3.8, 4) is 0 Å². The molecule has 0 aromatic heterocycles. The second-order valence-electron chi connectivity index (χ2n) is 4.92. The number of thioether (sulfide) groups is 1. The van der Waals surface area contributed by atoms with Crippen molar-refractivity contribution in [3.63, 3.8) is 0 Å². The maximum absolute atomic E-state index is 7.99. The van der Waals surface area contributed by atoms with Gasteiger partial charge in [-0.15, -0.1) is 0 Å². The van der Waals surface area contributed by atoms with Gasteiger partial charge in [0.25, 0.3) is 0 Å². The molecule has 2 aliphatic rings. The van der Waals surface area contributed by atoms with Crippen LogP contribution in [0, 0.1) is 5.41 Å². The molecule has 1 N–H and O–H groups in total. The quantitative estimate of drug-likeness (QED) is 0.800. The molecule has 0 spiro atoms. The van der Waals surface area contributed by atoms with Crippen LogP contribution in [0.5, 0.6) is 0 Å². The van der Waals surface area contributed by atoms with Crippen molar-refractivity contribution in [3.05, 3.63) is 0 Å². The number of amidine groups is 1. The number of piperidine rings is 1. The largest absolute Gasteiger partial charge is 0.359 e. The van der Waals surface area contributed by atoms with Crippen molar-refractivity contribution >= 4 is 17.6 Å².